The van der Waals surface area contributed by atoms with E-state index >= 15 is 0 Å². The molecule has 0 N–H and O–H groups in total. The summed E-state index contributed by atoms with van der Waals surface area (Å²) in [6, 6.07) is 61.6. The number of carbonyl (C=O) groups is 4. The molecule has 7 aromatic carbocycles. The van der Waals surface area contributed by atoms with E-state index in [0.717, 1.165) is 16.7 Å². The largest absolute Gasteiger partial charge is 0.459 e. The minimum Gasteiger partial charge on any atom is -0.459 e. The van der Waals surface area contributed by atoms with E-state index in [1.165, 1.54) is 7.11 Å². The van der Waals surface area contributed by atoms with Crippen molar-refractivity contribution in [3.63, 3.8) is 0 Å². The third-order valence-electron chi connectivity index (χ3n) is 12.8. The Kier molecular flexibility index (Phi) is 19.1. The molecule has 10 atom stereocenters. The Hall–Kier alpha value is -7.86. The van der Waals surface area contributed by atoms with Gasteiger partial charge < -0.3 is 52.1 Å². The van der Waals surface area contributed by atoms with E-state index in [9.17, 15) is 19.2 Å². The molecule has 0 amide bonds. The predicted molar refractivity (Wildman–Crippen MR) is 279 cm³/mol. The Bertz CT molecular complexity index is 2920. The molecule has 0 spiro atoms. The first-order valence-electron chi connectivity index (χ1n) is 25.2. The summed E-state index contributed by atoms with van der Waals surface area (Å²) in [5, 5.41) is 0. The van der Waals surface area contributed by atoms with Crippen molar-refractivity contribution >= 4 is 23.9 Å². The highest BCUT2D eigenvalue weighted by Gasteiger charge is 2.55. The van der Waals surface area contributed by atoms with Crippen molar-refractivity contribution in [1.82, 2.24) is 0 Å². The molecule has 0 aromatic heterocycles. The van der Waals surface area contributed by atoms with Crippen LogP contribution in [0.4, 0.5) is 0 Å². The molecule has 2 aliphatic rings. The Morgan fingerprint density at radius 2 is 0.675 bits per heavy atom. The fourth-order valence-electron chi connectivity index (χ4n) is 8.92. The van der Waals surface area contributed by atoms with Gasteiger partial charge in [0.25, 0.3) is 0 Å². The van der Waals surface area contributed by atoms with Gasteiger partial charge in [0.15, 0.2) is 30.9 Å². The maximum Gasteiger partial charge on any atom is 0.338 e. The van der Waals surface area contributed by atoms with E-state index in [1.807, 2.05) is 91.0 Å². The molecule has 2 heterocycles. The van der Waals surface area contributed by atoms with Crippen molar-refractivity contribution in [3.8, 4) is 0 Å². The molecule has 0 unspecified atom stereocenters. The van der Waals surface area contributed by atoms with Gasteiger partial charge in [0, 0.05) is 7.11 Å². The summed E-state index contributed by atoms with van der Waals surface area (Å²) in [7, 11) is 1.49. The van der Waals surface area contributed by atoms with Crippen LogP contribution in [-0.4, -0.2) is 106 Å². The summed E-state index contributed by atoms with van der Waals surface area (Å²) in [6.07, 6.45) is -12.7. The second-order valence-electron chi connectivity index (χ2n) is 18.1. The zero-order valence-electron chi connectivity index (χ0n) is 42.1. The number of hydrogen-bond acceptors (Lipinski definition) is 15. The van der Waals surface area contributed by atoms with Crippen LogP contribution in [0.2, 0.25) is 0 Å². The summed E-state index contributed by atoms with van der Waals surface area (Å²) >= 11 is 0. The molecular weight excluding hydrogens is 985 g/mol. The topological polar surface area (TPSA) is 170 Å². The zero-order valence-corrected chi connectivity index (χ0v) is 42.1. The van der Waals surface area contributed by atoms with Gasteiger partial charge in [-0.3, -0.25) is 0 Å². The molecule has 7 aromatic rings. The monoisotopic (exact) mass is 1040 g/mol. The quantitative estimate of drug-likeness (QED) is 0.0464. The van der Waals surface area contributed by atoms with E-state index in [2.05, 4.69) is 0 Å². The van der Waals surface area contributed by atoms with Crippen LogP contribution in [0.25, 0.3) is 0 Å². The van der Waals surface area contributed by atoms with Gasteiger partial charge in [-0.2, -0.15) is 0 Å². The lowest BCUT2D eigenvalue weighted by atomic mass is 9.96. The van der Waals surface area contributed by atoms with Gasteiger partial charge in [0.2, 0.25) is 0 Å². The number of hydrogen-bond donors (Lipinski definition) is 0. The highest BCUT2D eigenvalue weighted by molar-refractivity contribution is 5.91. The second kappa shape index (κ2) is 27.3. The predicted octanol–water partition coefficient (Wildman–Crippen LogP) is 9.39. The van der Waals surface area contributed by atoms with Crippen LogP contribution in [0.1, 0.15) is 58.1 Å². The van der Waals surface area contributed by atoms with Crippen LogP contribution >= 0.6 is 0 Å². The normalized spacial score (nSPS) is 23.0. The highest BCUT2D eigenvalue weighted by Crippen LogP contribution is 2.35. The Morgan fingerprint density at radius 1 is 0.338 bits per heavy atom. The molecule has 0 radical (unpaired) electrons. The number of esters is 4. The van der Waals surface area contributed by atoms with Crippen molar-refractivity contribution in [2.45, 2.75) is 81.2 Å². The van der Waals surface area contributed by atoms with Gasteiger partial charge in [-0.15, -0.1) is 0 Å². The number of ether oxygens (including phenoxy) is 11. The highest BCUT2D eigenvalue weighted by atomic mass is 16.8. The first-order chi connectivity index (χ1) is 37.8. The maximum atomic E-state index is 14.3. The minimum atomic E-state index is -1.66. The van der Waals surface area contributed by atoms with E-state index in [1.54, 1.807) is 121 Å². The van der Waals surface area contributed by atoms with Crippen LogP contribution in [-0.2, 0) is 71.9 Å². The first-order valence-corrected chi connectivity index (χ1v) is 25.2. The summed E-state index contributed by atoms with van der Waals surface area (Å²) in [6.45, 7) is -0.437. The lowest BCUT2D eigenvalue weighted by Crippen LogP contribution is -2.64. The first kappa shape index (κ1) is 53.9. The van der Waals surface area contributed by atoms with E-state index in [0.29, 0.717) is 0 Å². The molecule has 9 rings (SSSR count). The number of methoxy groups -OCH3 is 1. The fraction of sp³-hybridized carbons (Fsp3) is 0.258. The van der Waals surface area contributed by atoms with Crippen molar-refractivity contribution in [1.29, 1.82) is 0 Å². The smallest absolute Gasteiger partial charge is 0.338 e. The number of carbonyl (C=O) groups excluding carboxylic acids is 4. The average molecular weight is 1040 g/mol. The molecular formula is C62H58O15. The minimum absolute atomic E-state index is 0.123. The standard InChI is InChI=1S/C62H58O15/c1-67-61-55(70-39-44-27-13-4-14-28-44)53(69-38-43-25-11-3-12-26-43)51(68-37-42-23-9-2-10-24-42)49(73-61)41-72-62-56(77-60(66)48-35-21-8-22-36-48)54(76-59(65)47-33-19-7-20-34-47)52(75-58(64)46-31-17-6-18-32-46)50(74-62)40-71-57(63)45-29-15-5-16-30-45/h2-36,49-56,61-62H,37-41H2,1H3/t49-,50-,51-,52-,53+,54+,55-,56-,61+,62-/m1/s1. The van der Waals surface area contributed by atoms with E-state index in [4.69, 9.17) is 52.1 Å². The van der Waals surface area contributed by atoms with Crippen molar-refractivity contribution in [2.24, 2.45) is 0 Å². The number of rotatable bonds is 22. The molecule has 15 heteroatoms. The molecule has 396 valence electrons. The van der Waals surface area contributed by atoms with E-state index in [-0.39, 0.29) is 48.7 Å². The van der Waals surface area contributed by atoms with Crippen LogP contribution in [0, 0.1) is 0 Å². The van der Waals surface area contributed by atoms with Crippen LogP contribution in [0.5, 0.6) is 0 Å². The van der Waals surface area contributed by atoms with Crippen molar-refractivity contribution in [2.75, 3.05) is 20.3 Å². The summed E-state index contributed by atoms with van der Waals surface area (Å²) in [4.78, 5) is 56.4. The average Bonchev–Trinajstić information content (AvgIpc) is 3.50. The van der Waals surface area contributed by atoms with Gasteiger partial charge in [0.1, 0.15) is 37.1 Å². The summed E-state index contributed by atoms with van der Waals surface area (Å²) < 4.78 is 71.3. The maximum absolute atomic E-state index is 14.3. The van der Waals surface area contributed by atoms with Crippen LogP contribution < -0.4 is 0 Å². The Labute approximate surface area is 446 Å². The third kappa shape index (κ3) is 14.5. The molecule has 2 fully saturated rings. The number of benzene rings is 7. The molecule has 0 bridgehead atoms. The van der Waals surface area contributed by atoms with Gasteiger partial charge in [-0.1, -0.05) is 164 Å². The van der Waals surface area contributed by atoms with Gasteiger partial charge in [-0.05, 0) is 65.2 Å². The van der Waals surface area contributed by atoms with Crippen LogP contribution in [0.3, 0.4) is 0 Å². The summed E-state index contributed by atoms with van der Waals surface area (Å²) in [5.41, 5.74) is 3.31. The lowest BCUT2D eigenvalue weighted by Gasteiger charge is -2.47. The second-order valence-corrected chi connectivity index (χ2v) is 18.1. The molecule has 2 saturated heterocycles. The molecule has 2 aliphatic heterocycles. The Morgan fingerprint density at radius 3 is 1.10 bits per heavy atom. The van der Waals surface area contributed by atoms with Gasteiger partial charge in [0.05, 0.1) is 48.7 Å². The zero-order chi connectivity index (χ0) is 53.2. The fourth-order valence-corrected chi connectivity index (χ4v) is 8.92. The lowest BCUT2D eigenvalue weighted by molar-refractivity contribution is -0.340. The molecule has 0 saturated carbocycles. The SMILES string of the molecule is CO[C@H]1O[C@H](CO[C@@H]2O[C@H](COC(=O)c3ccccc3)[C@@H](OC(=O)c3ccccc3)[C@H](OC(=O)c3ccccc3)[C@H]2OC(=O)c2ccccc2)[C@@H](OCc2ccccc2)[C@H](OCc2ccccc2)[C@H]1OCc1ccccc1. The van der Waals surface area contributed by atoms with Gasteiger partial charge in [-0.25, -0.2) is 19.2 Å². The van der Waals surface area contributed by atoms with Crippen molar-refractivity contribution < 1.29 is 71.3 Å². The van der Waals surface area contributed by atoms with Gasteiger partial charge >= 0.3 is 23.9 Å². The molecule has 77 heavy (non-hydrogen) atoms. The Balaban J connectivity index is 1.10. The van der Waals surface area contributed by atoms with Crippen molar-refractivity contribution in [3.05, 3.63) is 251 Å². The van der Waals surface area contributed by atoms with Crippen LogP contribution in [0.15, 0.2) is 212 Å². The van der Waals surface area contributed by atoms with E-state index < -0.39 is 91.9 Å². The third-order valence-corrected chi connectivity index (χ3v) is 12.8. The molecule has 0 aliphatic carbocycles. The molecule has 15 nitrogen and oxygen atoms in total. The summed E-state index contributed by atoms with van der Waals surface area (Å²) in [5.74, 6) is -3.26.